The van der Waals surface area contributed by atoms with Crippen molar-refractivity contribution in [1.82, 2.24) is 9.80 Å². The number of aromatic hydroxyl groups is 2. The molecule has 0 heterocycles. The summed E-state index contributed by atoms with van der Waals surface area (Å²) in [5.41, 5.74) is 10.0. The molecule has 194 valence electrons. The van der Waals surface area contributed by atoms with E-state index in [0.29, 0.717) is 30.5 Å². The van der Waals surface area contributed by atoms with Crippen LogP contribution in [-0.4, -0.2) is 48.2 Å². The molecule has 0 spiro atoms. The van der Waals surface area contributed by atoms with Gasteiger partial charge in [-0.05, 0) is 112 Å². The van der Waals surface area contributed by atoms with Gasteiger partial charge in [-0.3, -0.25) is 0 Å². The van der Waals surface area contributed by atoms with E-state index >= 15 is 0 Å². The minimum absolute atomic E-state index is 0.342. The number of aryl methyl sites for hydroxylation is 2. The van der Waals surface area contributed by atoms with Crippen molar-refractivity contribution in [2.45, 2.75) is 51.6 Å². The number of fused-ring (bicyclic) bond motifs is 2. The van der Waals surface area contributed by atoms with Crippen LogP contribution in [0.15, 0.2) is 71.4 Å². The second-order valence-corrected chi connectivity index (χ2v) is 11.5. The molecule has 0 bridgehead atoms. The van der Waals surface area contributed by atoms with Crippen LogP contribution >= 0.6 is 0 Å². The van der Waals surface area contributed by atoms with Crippen LogP contribution in [-0.2, 0) is 18.5 Å². The molecule has 0 fully saturated rings. The van der Waals surface area contributed by atoms with Gasteiger partial charge in [0.2, 0.25) is 0 Å². The second kappa shape index (κ2) is 9.66. The molecular weight excluding hydrogens is 456 g/mol. The second-order valence-electron chi connectivity index (χ2n) is 11.5. The molecule has 2 aromatic rings. The Morgan fingerprint density at radius 3 is 1.95 bits per heavy atom. The molecule has 0 saturated heterocycles. The highest BCUT2D eigenvalue weighted by Crippen LogP contribution is 2.61. The Bertz CT molecular complexity index is 1290. The normalized spacial score (nSPS) is 20.0. The monoisotopic (exact) mass is 496 g/mol. The predicted octanol–water partition coefficient (Wildman–Crippen LogP) is 6.29. The molecule has 2 aromatic carbocycles. The Morgan fingerprint density at radius 1 is 0.838 bits per heavy atom. The molecule has 2 N–H and O–H groups in total. The van der Waals surface area contributed by atoms with Gasteiger partial charge in [0.1, 0.15) is 11.5 Å². The van der Waals surface area contributed by atoms with Crippen LogP contribution in [0.2, 0.25) is 0 Å². The van der Waals surface area contributed by atoms with Crippen molar-refractivity contribution in [3.63, 3.8) is 0 Å². The third kappa shape index (κ3) is 4.17. The topological polar surface area (TPSA) is 46.9 Å². The van der Waals surface area contributed by atoms with Crippen LogP contribution in [0.25, 0.3) is 0 Å². The molecule has 4 nitrogen and oxygen atoms in total. The fraction of sp³-hybridized carbons (Fsp3) is 0.394. The highest BCUT2D eigenvalue weighted by Gasteiger charge is 2.52. The third-order valence-electron chi connectivity index (χ3n) is 8.23. The summed E-state index contributed by atoms with van der Waals surface area (Å²) in [5.74, 6) is 1.11. The Labute approximate surface area is 221 Å². The zero-order valence-electron chi connectivity index (χ0n) is 23.1. The quantitative estimate of drug-likeness (QED) is 0.494. The minimum atomic E-state index is -0.436. The molecule has 37 heavy (non-hydrogen) atoms. The summed E-state index contributed by atoms with van der Waals surface area (Å²) in [4.78, 5) is 4.22. The summed E-state index contributed by atoms with van der Waals surface area (Å²) in [6.45, 7) is 5.38. The lowest BCUT2D eigenvalue weighted by Gasteiger charge is -2.39. The van der Waals surface area contributed by atoms with Crippen LogP contribution in [0, 0.1) is 19.8 Å². The van der Waals surface area contributed by atoms with Gasteiger partial charge in [-0.15, -0.1) is 0 Å². The largest absolute Gasteiger partial charge is 0.507 e. The zero-order chi connectivity index (χ0) is 26.5. The molecule has 5 rings (SSSR count). The average Bonchev–Trinajstić information content (AvgIpc) is 3.15. The molecule has 3 aliphatic carbocycles. The molecule has 1 atom stereocenters. The summed E-state index contributed by atoms with van der Waals surface area (Å²) in [7, 11) is 8.17. The summed E-state index contributed by atoms with van der Waals surface area (Å²) in [6, 6.07) is 8.88. The lowest BCUT2D eigenvalue weighted by atomic mass is 9.63. The van der Waals surface area contributed by atoms with Crippen molar-refractivity contribution in [2.75, 3.05) is 28.2 Å². The number of benzene rings is 2. The predicted molar refractivity (Wildman–Crippen MR) is 152 cm³/mol. The smallest absolute Gasteiger partial charge is 0.122 e. The number of nitrogens with zero attached hydrogens (tertiary/aromatic N) is 2. The van der Waals surface area contributed by atoms with Gasteiger partial charge in [-0.25, -0.2) is 0 Å². The van der Waals surface area contributed by atoms with Crippen molar-refractivity contribution in [2.24, 2.45) is 5.92 Å². The molecule has 3 aliphatic rings. The first kappa shape index (κ1) is 25.6. The van der Waals surface area contributed by atoms with Crippen molar-refractivity contribution in [1.29, 1.82) is 0 Å². The van der Waals surface area contributed by atoms with E-state index in [1.807, 2.05) is 42.0 Å². The van der Waals surface area contributed by atoms with Gasteiger partial charge in [0, 0.05) is 30.1 Å². The molecule has 0 amide bonds. The Kier molecular flexibility index (Phi) is 6.68. The minimum Gasteiger partial charge on any atom is -0.507 e. The highest BCUT2D eigenvalue weighted by molar-refractivity contribution is 5.70. The van der Waals surface area contributed by atoms with Crippen LogP contribution < -0.4 is 0 Å². The standard InChI is InChI=1S/C33H40N2O2/c1-21-15-25(17-23(31(21)36)19-34(3)4)33(26-16-22(2)32(37)24(18-26)20-35(5)6)29-13-9-7-11-27(29)28-12-8-10-14-30(28)33/h7-9,12-13,15-18,27,36-37H,10-11,14,19-20H2,1-6H3. The SMILES string of the molecule is Cc1cc(C2(c3cc(C)c(O)c(CN(C)C)c3)C3=CC=CCC3C3=C2CCC=C3)cc(CN(C)C)c1O. The van der Waals surface area contributed by atoms with E-state index in [4.69, 9.17) is 0 Å². The molecular formula is C33H40N2O2. The van der Waals surface area contributed by atoms with Gasteiger partial charge in [-0.2, -0.15) is 0 Å². The molecule has 1 unspecified atom stereocenters. The summed E-state index contributed by atoms with van der Waals surface area (Å²) in [6.07, 6.45) is 14.6. The first-order chi connectivity index (χ1) is 17.6. The molecule has 0 aliphatic heterocycles. The molecule has 0 saturated carbocycles. The fourth-order valence-corrected chi connectivity index (χ4v) is 6.81. The van der Waals surface area contributed by atoms with E-state index in [2.05, 4.69) is 64.4 Å². The van der Waals surface area contributed by atoms with Crippen LogP contribution in [0.1, 0.15) is 52.6 Å². The molecule has 4 heteroatoms. The number of hydrogen-bond donors (Lipinski definition) is 2. The maximum Gasteiger partial charge on any atom is 0.122 e. The van der Waals surface area contributed by atoms with Gasteiger partial charge in [0.15, 0.2) is 0 Å². The van der Waals surface area contributed by atoms with Crippen LogP contribution in [0.4, 0.5) is 0 Å². The van der Waals surface area contributed by atoms with E-state index in [9.17, 15) is 10.2 Å². The summed E-state index contributed by atoms with van der Waals surface area (Å²) in [5, 5.41) is 22.1. The molecule has 0 radical (unpaired) electrons. The number of phenols is 2. The number of allylic oxidation sites excluding steroid dienone is 8. The maximum atomic E-state index is 11.0. The zero-order valence-corrected chi connectivity index (χ0v) is 23.1. The van der Waals surface area contributed by atoms with E-state index in [1.54, 1.807) is 0 Å². The first-order valence-electron chi connectivity index (χ1n) is 13.4. The van der Waals surface area contributed by atoms with Gasteiger partial charge in [0.05, 0.1) is 5.41 Å². The van der Waals surface area contributed by atoms with Gasteiger partial charge < -0.3 is 20.0 Å². The summed E-state index contributed by atoms with van der Waals surface area (Å²) < 4.78 is 0. The maximum absolute atomic E-state index is 11.0. The van der Waals surface area contributed by atoms with Gasteiger partial charge in [-0.1, -0.05) is 42.5 Å². The van der Waals surface area contributed by atoms with Crippen LogP contribution in [0.3, 0.4) is 0 Å². The van der Waals surface area contributed by atoms with Crippen molar-refractivity contribution in [3.8, 4) is 11.5 Å². The van der Waals surface area contributed by atoms with E-state index in [0.717, 1.165) is 41.5 Å². The lowest BCUT2D eigenvalue weighted by molar-refractivity contribution is 0.383. The van der Waals surface area contributed by atoms with E-state index in [-0.39, 0.29) is 0 Å². The van der Waals surface area contributed by atoms with Gasteiger partial charge >= 0.3 is 0 Å². The van der Waals surface area contributed by atoms with E-state index in [1.165, 1.54) is 27.8 Å². The fourth-order valence-electron chi connectivity index (χ4n) is 6.81. The van der Waals surface area contributed by atoms with Crippen LogP contribution in [0.5, 0.6) is 11.5 Å². The number of phenolic OH excluding ortho intramolecular Hbond substituents is 2. The Morgan fingerprint density at radius 2 is 1.41 bits per heavy atom. The Hall–Kier alpha value is -3.08. The van der Waals surface area contributed by atoms with Crippen molar-refractivity contribution < 1.29 is 10.2 Å². The Balaban J connectivity index is 1.88. The average molecular weight is 497 g/mol. The lowest BCUT2D eigenvalue weighted by Crippen LogP contribution is -2.32. The highest BCUT2D eigenvalue weighted by atomic mass is 16.3. The molecule has 0 aromatic heterocycles. The first-order valence-corrected chi connectivity index (χ1v) is 13.4. The third-order valence-corrected chi connectivity index (χ3v) is 8.23. The van der Waals surface area contributed by atoms with Crippen molar-refractivity contribution in [3.05, 3.63) is 105 Å². The van der Waals surface area contributed by atoms with Gasteiger partial charge in [0.25, 0.3) is 0 Å². The van der Waals surface area contributed by atoms with Crippen molar-refractivity contribution >= 4 is 0 Å². The number of hydrogen-bond acceptors (Lipinski definition) is 4. The summed E-state index contributed by atoms with van der Waals surface area (Å²) >= 11 is 0. The van der Waals surface area contributed by atoms with E-state index < -0.39 is 5.41 Å². The number of rotatable bonds is 6.